The van der Waals surface area contributed by atoms with E-state index in [1.165, 1.54) is 0 Å². The van der Waals surface area contributed by atoms with Crippen molar-refractivity contribution in [3.63, 3.8) is 0 Å². The molecule has 0 saturated heterocycles. The van der Waals surface area contributed by atoms with Gasteiger partial charge in [0.1, 0.15) is 0 Å². The van der Waals surface area contributed by atoms with Crippen molar-refractivity contribution in [3.05, 3.63) is 0 Å². The van der Waals surface area contributed by atoms with Crippen LogP contribution in [0, 0.1) is 5.41 Å². The van der Waals surface area contributed by atoms with Crippen molar-refractivity contribution in [2.45, 2.75) is 26.0 Å². The predicted molar refractivity (Wildman–Crippen MR) is 58.8 cm³/mol. The molecule has 4 heteroatoms. The second-order valence-electron chi connectivity index (χ2n) is 3.84. The third-order valence-corrected chi connectivity index (χ3v) is 3.05. The molecule has 0 aromatic rings. The molecule has 1 atom stereocenters. The first kappa shape index (κ1) is 12.8. The first-order valence-electron chi connectivity index (χ1n) is 4.45. The number of carbonyl (C=O) groups excluding carboxylic acids is 1. The highest BCUT2D eigenvalue weighted by Gasteiger charge is 2.25. The maximum absolute atomic E-state index is 11.5. The van der Waals surface area contributed by atoms with Crippen molar-refractivity contribution in [2.75, 3.05) is 19.3 Å². The fraction of sp³-hybridized carbons (Fsp3) is 0.889. The molecule has 13 heavy (non-hydrogen) atoms. The van der Waals surface area contributed by atoms with E-state index >= 15 is 0 Å². The van der Waals surface area contributed by atoms with Crippen molar-refractivity contribution < 1.29 is 4.79 Å². The van der Waals surface area contributed by atoms with Gasteiger partial charge in [0, 0.05) is 18.3 Å². The number of carbonyl (C=O) groups is 1. The van der Waals surface area contributed by atoms with Crippen molar-refractivity contribution in [1.82, 2.24) is 5.32 Å². The first-order valence-corrected chi connectivity index (χ1v) is 5.74. The fourth-order valence-electron chi connectivity index (χ4n) is 0.652. The molecule has 0 aromatic heterocycles. The van der Waals surface area contributed by atoms with Crippen LogP contribution < -0.4 is 11.1 Å². The van der Waals surface area contributed by atoms with Crippen LogP contribution in [-0.4, -0.2) is 30.5 Å². The molecule has 0 rings (SSSR count). The molecule has 0 spiro atoms. The Morgan fingerprint density at radius 2 is 2.15 bits per heavy atom. The Hall–Kier alpha value is -0.220. The van der Waals surface area contributed by atoms with Crippen LogP contribution >= 0.6 is 11.8 Å². The molecular formula is C9H20N2OS. The monoisotopic (exact) mass is 204 g/mol. The van der Waals surface area contributed by atoms with Crippen LogP contribution in [0.15, 0.2) is 0 Å². The van der Waals surface area contributed by atoms with E-state index in [0.717, 1.165) is 0 Å². The van der Waals surface area contributed by atoms with Crippen molar-refractivity contribution in [1.29, 1.82) is 0 Å². The zero-order chi connectivity index (χ0) is 10.5. The topological polar surface area (TPSA) is 55.1 Å². The predicted octanol–water partition coefficient (Wildman–Crippen LogP) is 0.839. The van der Waals surface area contributed by atoms with E-state index < -0.39 is 5.41 Å². The van der Waals surface area contributed by atoms with Gasteiger partial charge >= 0.3 is 0 Å². The number of hydrogen-bond donors (Lipinski definition) is 2. The molecule has 0 bridgehead atoms. The molecule has 0 aliphatic heterocycles. The Morgan fingerprint density at radius 1 is 1.62 bits per heavy atom. The highest BCUT2D eigenvalue weighted by molar-refractivity contribution is 7.99. The molecule has 3 nitrogen and oxygen atoms in total. The highest BCUT2D eigenvalue weighted by Crippen LogP contribution is 2.12. The molecule has 1 unspecified atom stereocenters. The zero-order valence-corrected chi connectivity index (χ0v) is 9.70. The quantitative estimate of drug-likeness (QED) is 0.698. The standard InChI is InChI=1S/C9H20N2OS/c1-7(13-4)5-11-8(12)9(2,3)6-10/h7H,5-6,10H2,1-4H3,(H,11,12). The SMILES string of the molecule is CSC(C)CNC(=O)C(C)(C)CN. The van der Waals surface area contributed by atoms with E-state index in [1.807, 2.05) is 20.1 Å². The molecule has 3 N–H and O–H groups in total. The van der Waals surface area contributed by atoms with E-state index in [2.05, 4.69) is 12.2 Å². The van der Waals surface area contributed by atoms with Gasteiger partial charge in [0.25, 0.3) is 0 Å². The van der Waals surface area contributed by atoms with Crippen molar-refractivity contribution in [2.24, 2.45) is 11.1 Å². The first-order chi connectivity index (χ1) is 5.94. The minimum absolute atomic E-state index is 0.0379. The molecule has 0 radical (unpaired) electrons. The number of thioether (sulfide) groups is 1. The third kappa shape index (κ3) is 4.52. The minimum Gasteiger partial charge on any atom is -0.354 e. The number of rotatable bonds is 5. The summed E-state index contributed by atoms with van der Waals surface area (Å²) in [6.07, 6.45) is 2.03. The molecule has 78 valence electrons. The van der Waals surface area contributed by atoms with Gasteiger partial charge in [0.2, 0.25) is 5.91 Å². The minimum atomic E-state index is -0.446. The van der Waals surface area contributed by atoms with Crippen LogP contribution in [0.1, 0.15) is 20.8 Å². The van der Waals surface area contributed by atoms with Gasteiger partial charge in [-0.15, -0.1) is 0 Å². The van der Waals surface area contributed by atoms with Crippen molar-refractivity contribution >= 4 is 17.7 Å². The second-order valence-corrected chi connectivity index (χ2v) is 5.12. The Bertz CT molecular complexity index is 171. The average Bonchev–Trinajstić information content (AvgIpc) is 2.13. The zero-order valence-electron chi connectivity index (χ0n) is 8.89. The molecule has 0 aromatic carbocycles. The Morgan fingerprint density at radius 3 is 2.54 bits per heavy atom. The van der Waals surface area contributed by atoms with Crippen LogP contribution in [0.4, 0.5) is 0 Å². The van der Waals surface area contributed by atoms with Crippen LogP contribution in [0.25, 0.3) is 0 Å². The van der Waals surface area contributed by atoms with Crippen LogP contribution in [0.3, 0.4) is 0 Å². The molecular weight excluding hydrogens is 184 g/mol. The van der Waals surface area contributed by atoms with Gasteiger partial charge < -0.3 is 11.1 Å². The summed E-state index contributed by atoms with van der Waals surface area (Å²) in [5.74, 6) is 0.0379. The summed E-state index contributed by atoms with van der Waals surface area (Å²) in [5, 5.41) is 3.34. The van der Waals surface area contributed by atoms with Gasteiger partial charge in [0.15, 0.2) is 0 Å². The molecule has 0 heterocycles. The van der Waals surface area contributed by atoms with E-state index in [0.29, 0.717) is 18.3 Å². The van der Waals surface area contributed by atoms with Gasteiger partial charge in [-0.05, 0) is 20.1 Å². The van der Waals surface area contributed by atoms with Gasteiger partial charge in [-0.1, -0.05) is 6.92 Å². The molecule has 0 aliphatic rings. The fourth-order valence-corrected chi connectivity index (χ4v) is 0.902. The number of nitrogens with two attached hydrogens (primary N) is 1. The molecule has 1 amide bonds. The summed E-state index contributed by atoms with van der Waals surface area (Å²) in [6, 6.07) is 0. The van der Waals surface area contributed by atoms with Gasteiger partial charge in [-0.2, -0.15) is 11.8 Å². The summed E-state index contributed by atoms with van der Waals surface area (Å²) in [4.78, 5) is 11.5. The second kappa shape index (κ2) is 5.50. The normalized spacial score (nSPS) is 13.9. The summed E-state index contributed by atoms with van der Waals surface area (Å²) < 4.78 is 0. The number of amides is 1. The lowest BCUT2D eigenvalue weighted by atomic mass is 9.93. The van der Waals surface area contributed by atoms with Crippen LogP contribution in [-0.2, 0) is 4.79 Å². The molecule has 0 saturated carbocycles. The maximum atomic E-state index is 11.5. The lowest BCUT2D eigenvalue weighted by molar-refractivity contribution is -0.128. The van der Waals surface area contributed by atoms with Crippen LogP contribution in [0.5, 0.6) is 0 Å². The number of nitrogens with one attached hydrogen (secondary N) is 1. The summed E-state index contributed by atoms with van der Waals surface area (Å²) in [5.41, 5.74) is 5.03. The molecule has 0 fully saturated rings. The Kier molecular flexibility index (Phi) is 5.40. The number of hydrogen-bond acceptors (Lipinski definition) is 3. The molecule has 0 aliphatic carbocycles. The van der Waals surface area contributed by atoms with Crippen LogP contribution in [0.2, 0.25) is 0 Å². The van der Waals surface area contributed by atoms with Crippen molar-refractivity contribution in [3.8, 4) is 0 Å². The lowest BCUT2D eigenvalue weighted by Crippen LogP contribution is -2.43. The van der Waals surface area contributed by atoms with E-state index in [9.17, 15) is 4.79 Å². The van der Waals surface area contributed by atoms with E-state index in [-0.39, 0.29) is 5.91 Å². The van der Waals surface area contributed by atoms with Gasteiger partial charge in [0.05, 0.1) is 5.41 Å². The summed E-state index contributed by atoms with van der Waals surface area (Å²) in [7, 11) is 0. The Labute approximate surface area is 84.8 Å². The maximum Gasteiger partial charge on any atom is 0.226 e. The largest absolute Gasteiger partial charge is 0.354 e. The van der Waals surface area contributed by atoms with Gasteiger partial charge in [-0.25, -0.2) is 0 Å². The van der Waals surface area contributed by atoms with E-state index in [4.69, 9.17) is 5.73 Å². The summed E-state index contributed by atoms with van der Waals surface area (Å²) >= 11 is 1.74. The van der Waals surface area contributed by atoms with Gasteiger partial charge in [-0.3, -0.25) is 4.79 Å². The van der Waals surface area contributed by atoms with E-state index in [1.54, 1.807) is 11.8 Å². The average molecular weight is 204 g/mol. The summed E-state index contributed by atoms with van der Waals surface area (Å²) in [6.45, 7) is 6.88. The Balaban J connectivity index is 3.88. The smallest absolute Gasteiger partial charge is 0.226 e. The third-order valence-electron chi connectivity index (χ3n) is 2.08. The lowest BCUT2D eigenvalue weighted by Gasteiger charge is -2.22. The highest BCUT2D eigenvalue weighted by atomic mass is 32.2.